The molecule has 0 fully saturated rings. The summed E-state index contributed by atoms with van der Waals surface area (Å²) in [6, 6.07) is 10.0. The van der Waals surface area contributed by atoms with Crippen LogP contribution in [-0.4, -0.2) is 6.29 Å². The Balaban J connectivity index is 0. The fourth-order valence-electron chi connectivity index (χ4n) is 0.321. The average Bonchev–Trinajstić information content (AvgIpc) is 2.17. The summed E-state index contributed by atoms with van der Waals surface area (Å²) >= 11 is 0. The molecule has 1 nitrogen and oxygen atoms in total. The van der Waals surface area contributed by atoms with Crippen molar-refractivity contribution in [2.75, 3.05) is 0 Å². The van der Waals surface area contributed by atoms with Crippen LogP contribution in [-0.2, 0) is 21.9 Å². The van der Waals surface area contributed by atoms with Crippen molar-refractivity contribution in [1.29, 1.82) is 0 Å². The summed E-state index contributed by atoms with van der Waals surface area (Å²) in [7, 11) is 0. The van der Waals surface area contributed by atoms with Gasteiger partial charge in [-0.1, -0.05) is 0 Å². The predicted molar refractivity (Wildman–Crippen MR) is 33.4 cm³/mol. The Morgan fingerprint density at radius 3 is 1.78 bits per heavy atom. The average molecular weight is 164 g/mol. The van der Waals surface area contributed by atoms with Crippen LogP contribution in [0.4, 0.5) is 0 Å². The van der Waals surface area contributed by atoms with Crippen LogP contribution in [0.1, 0.15) is 6.92 Å². The molecule has 0 amide bonds. The zero-order valence-corrected chi connectivity index (χ0v) is 6.25. The predicted octanol–water partition coefficient (Wildman–Crippen LogP) is 1.52. The van der Waals surface area contributed by atoms with Crippen molar-refractivity contribution in [3.8, 4) is 0 Å². The molecule has 2 heteroatoms. The molecule has 0 aliphatic heterocycles. The van der Waals surface area contributed by atoms with E-state index in [9.17, 15) is 0 Å². The second-order valence-corrected chi connectivity index (χ2v) is 1.17. The fourth-order valence-corrected chi connectivity index (χ4v) is 0.321. The van der Waals surface area contributed by atoms with E-state index in [0.717, 1.165) is 0 Å². The molecular weight excluding hydrogens is 156 g/mol. The van der Waals surface area contributed by atoms with Gasteiger partial charge >= 0.3 is 17.1 Å². The van der Waals surface area contributed by atoms with Gasteiger partial charge in [-0.05, 0) is 0 Å². The van der Waals surface area contributed by atoms with Gasteiger partial charge in [0.15, 0.2) is 0 Å². The standard InChI is InChI=1S/C5H5.C2H3O.Fe/c1-2-4-5-3-1;1-2-3;/h1-5H;1H3;/q2*-1;+2. The van der Waals surface area contributed by atoms with Crippen molar-refractivity contribution in [3.05, 3.63) is 30.3 Å². The third-order valence-corrected chi connectivity index (χ3v) is 0.556. The van der Waals surface area contributed by atoms with Gasteiger partial charge in [0.25, 0.3) is 0 Å². The van der Waals surface area contributed by atoms with Crippen molar-refractivity contribution in [2.45, 2.75) is 6.92 Å². The Morgan fingerprint density at radius 2 is 1.67 bits per heavy atom. The Labute approximate surface area is 65.9 Å². The zero-order chi connectivity index (χ0) is 6.24. The molecule has 0 heterocycles. The molecule has 0 aliphatic carbocycles. The van der Waals surface area contributed by atoms with Gasteiger partial charge in [-0.2, -0.15) is 25.1 Å². The second kappa shape index (κ2) is 10.5. The zero-order valence-electron chi connectivity index (χ0n) is 5.15. The minimum atomic E-state index is 0. The molecule has 0 spiro atoms. The number of rotatable bonds is 0. The Bertz CT molecular complexity index is 95.3. The summed E-state index contributed by atoms with van der Waals surface area (Å²) in [5.74, 6) is 0. The maximum Gasteiger partial charge on any atom is 2.00 e. The molecule has 50 valence electrons. The molecule has 0 saturated heterocycles. The normalized spacial score (nSPS) is 5.89. The van der Waals surface area contributed by atoms with Crippen LogP contribution in [0.25, 0.3) is 0 Å². The van der Waals surface area contributed by atoms with Gasteiger partial charge in [0, 0.05) is 0 Å². The monoisotopic (exact) mass is 164 g/mol. The summed E-state index contributed by atoms with van der Waals surface area (Å²) in [5.41, 5.74) is 0. The van der Waals surface area contributed by atoms with Crippen LogP contribution < -0.4 is 0 Å². The summed E-state index contributed by atoms with van der Waals surface area (Å²) in [5, 5.41) is 0. The molecule has 1 aromatic rings. The van der Waals surface area contributed by atoms with Crippen LogP contribution in [0.2, 0.25) is 0 Å². The smallest absolute Gasteiger partial charge is 0.542 e. The first-order valence-corrected chi connectivity index (χ1v) is 2.37. The molecule has 0 unspecified atom stereocenters. The molecular formula is C7H8FeO. The summed E-state index contributed by atoms with van der Waals surface area (Å²) in [4.78, 5) is 8.68. The van der Waals surface area contributed by atoms with Crippen molar-refractivity contribution < 1.29 is 21.9 Å². The molecule has 0 atom stereocenters. The van der Waals surface area contributed by atoms with E-state index in [2.05, 4.69) is 0 Å². The maximum atomic E-state index is 8.68. The van der Waals surface area contributed by atoms with Gasteiger partial charge in [0.2, 0.25) is 0 Å². The van der Waals surface area contributed by atoms with Gasteiger partial charge in [-0.25, -0.2) is 12.1 Å². The summed E-state index contributed by atoms with van der Waals surface area (Å²) in [6.07, 6.45) is 1.50. The third-order valence-electron chi connectivity index (χ3n) is 0.556. The molecule has 0 N–H and O–H groups in total. The Hall–Kier alpha value is -0.461. The maximum absolute atomic E-state index is 8.68. The SMILES string of the molecule is C[C-]=O.[Fe+2].c1cc[cH-]c1. The molecule has 1 aromatic carbocycles. The minimum absolute atomic E-state index is 0. The second-order valence-electron chi connectivity index (χ2n) is 1.17. The van der Waals surface area contributed by atoms with Gasteiger partial charge in [0.1, 0.15) is 0 Å². The molecule has 9 heavy (non-hydrogen) atoms. The van der Waals surface area contributed by atoms with Crippen molar-refractivity contribution >= 4 is 6.29 Å². The van der Waals surface area contributed by atoms with Crippen LogP contribution in [0, 0.1) is 0 Å². The molecule has 1 rings (SSSR count). The van der Waals surface area contributed by atoms with Gasteiger partial charge in [-0.15, -0.1) is 0 Å². The van der Waals surface area contributed by atoms with E-state index < -0.39 is 0 Å². The quantitative estimate of drug-likeness (QED) is 0.419. The van der Waals surface area contributed by atoms with Gasteiger partial charge in [-0.3, -0.25) is 6.29 Å². The van der Waals surface area contributed by atoms with E-state index in [-0.39, 0.29) is 17.1 Å². The van der Waals surface area contributed by atoms with Crippen molar-refractivity contribution in [2.24, 2.45) is 0 Å². The van der Waals surface area contributed by atoms with E-state index >= 15 is 0 Å². The van der Waals surface area contributed by atoms with Crippen molar-refractivity contribution in [1.82, 2.24) is 0 Å². The van der Waals surface area contributed by atoms with E-state index in [1.165, 1.54) is 13.2 Å². The first kappa shape index (κ1) is 11.4. The molecule has 0 saturated carbocycles. The van der Waals surface area contributed by atoms with Crippen LogP contribution >= 0.6 is 0 Å². The first-order valence-electron chi connectivity index (χ1n) is 2.37. The van der Waals surface area contributed by atoms with Crippen LogP contribution in [0.5, 0.6) is 0 Å². The van der Waals surface area contributed by atoms with E-state index in [0.29, 0.717) is 0 Å². The van der Waals surface area contributed by atoms with Crippen molar-refractivity contribution in [3.63, 3.8) is 0 Å². The minimum Gasteiger partial charge on any atom is -0.542 e. The van der Waals surface area contributed by atoms with Crippen LogP contribution in [0.15, 0.2) is 30.3 Å². The van der Waals surface area contributed by atoms with Crippen LogP contribution in [0.3, 0.4) is 0 Å². The Kier molecular flexibility index (Phi) is 13.3. The van der Waals surface area contributed by atoms with E-state index in [4.69, 9.17) is 4.79 Å². The van der Waals surface area contributed by atoms with E-state index in [1.807, 2.05) is 30.3 Å². The number of carbonyl (C=O) groups excluding carboxylic acids is 1. The van der Waals surface area contributed by atoms with Gasteiger partial charge in [0.05, 0.1) is 0 Å². The molecule has 0 aromatic heterocycles. The number of hydrogen-bond acceptors (Lipinski definition) is 1. The molecule has 0 radical (unpaired) electrons. The Morgan fingerprint density at radius 1 is 1.33 bits per heavy atom. The van der Waals surface area contributed by atoms with Gasteiger partial charge < -0.3 is 4.79 Å². The molecule has 0 bridgehead atoms. The largest absolute Gasteiger partial charge is 2.00 e. The van der Waals surface area contributed by atoms with E-state index in [1.54, 1.807) is 0 Å². The number of hydrogen-bond donors (Lipinski definition) is 0. The summed E-state index contributed by atoms with van der Waals surface area (Å²) in [6.45, 7) is 1.32. The fraction of sp³-hybridized carbons (Fsp3) is 0.143. The molecule has 0 aliphatic rings. The topological polar surface area (TPSA) is 17.1 Å². The first-order chi connectivity index (χ1) is 3.91. The third kappa shape index (κ3) is 11.2. The summed E-state index contributed by atoms with van der Waals surface area (Å²) < 4.78 is 0.